The molecule has 0 unspecified atom stereocenters. The molecule has 0 saturated carbocycles. The summed E-state index contributed by atoms with van der Waals surface area (Å²) in [7, 11) is 0. The van der Waals surface area contributed by atoms with Crippen LogP contribution in [-0.2, 0) is 11.2 Å². The Morgan fingerprint density at radius 3 is 2.41 bits per heavy atom. The van der Waals surface area contributed by atoms with Crippen molar-refractivity contribution in [1.82, 2.24) is 0 Å². The molecule has 2 aromatic rings. The zero-order valence-electron chi connectivity index (χ0n) is 11.5. The number of nitro groups is 1. The van der Waals surface area contributed by atoms with E-state index in [2.05, 4.69) is 5.32 Å². The van der Waals surface area contributed by atoms with E-state index in [4.69, 9.17) is 5.73 Å². The van der Waals surface area contributed by atoms with Crippen LogP contribution in [0.25, 0.3) is 0 Å². The maximum Gasteiger partial charge on any atom is 0.270 e. The molecule has 7 heteroatoms. The van der Waals surface area contributed by atoms with Gasteiger partial charge in [-0.1, -0.05) is 18.2 Å². The lowest BCUT2D eigenvalue weighted by molar-refractivity contribution is -0.384. The van der Waals surface area contributed by atoms with E-state index in [1.54, 1.807) is 24.3 Å². The van der Waals surface area contributed by atoms with Gasteiger partial charge >= 0.3 is 0 Å². The van der Waals surface area contributed by atoms with Crippen molar-refractivity contribution in [1.29, 1.82) is 0 Å². The Labute approximate surface area is 125 Å². The number of amides is 2. The summed E-state index contributed by atoms with van der Waals surface area (Å²) in [6.45, 7) is 0. The van der Waals surface area contributed by atoms with Gasteiger partial charge in [0.15, 0.2) is 0 Å². The number of nitrogens with two attached hydrogens (primary N) is 1. The van der Waals surface area contributed by atoms with Crippen LogP contribution in [-0.4, -0.2) is 16.7 Å². The van der Waals surface area contributed by atoms with Gasteiger partial charge in [-0.3, -0.25) is 19.7 Å². The Morgan fingerprint density at radius 1 is 1.14 bits per heavy atom. The molecule has 2 aromatic carbocycles. The van der Waals surface area contributed by atoms with Gasteiger partial charge in [0.1, 0.15) is 0 Å². The van der Waals surface area contributed by atoms with E-state index in [0.29, 0.717) is 5.69 Å². The maximum atomic E-state index is 12.0. The van der Waals surface area contributed by atoms with Crippen LogP contribution < -0.4 is 11.1 Å². The summed E-state index contributed by atoms with van der Waals surface area (Å²) in [5.74, 6) is -0.889. The Morgan fingerprint density at radius 2 is 1.82 bits per heavy atom. The predicted octanol–water partition coefficient (Wildman–Crippen LogP) is 1.87. The van der Waals surface area contributed by atoms with E-state index in [1.807, 2.05) is 0 Å². The van der Waals surface area contributed by atoms with Crippen LogP contribution in [0.2, 0.25) is 0 Å². The first-order valence-corrected chi connectivity index (χ1v) is 6.39. The molecule has 0 saturated heterocycles. The second kappa shape index (κ2) is 6.49. The molecule has 22 heavy (non-hydrogen) atoms. The fourth-order valence-electron chi connectivity index (χ4n) is 1.87. The van der Waals surface area contributed by atoms with Crippen LogP contribution in [0.1, 0.15) is 15.9 Å². The summed E-state index contributed by atoms with van der Waals surface area (Å²) < 4.78 is 0. The molecule has 3 N–H and O–H groups in total. The Balaban J connectivity index is 2.10. The largest absolute Gasteiger partial charge is 0.369 e. The summed E-state index contributed by atoms with van der Waals surface area (Å²) in [6, 6.07) is 12.1. The highest BCUT2D eigenvalue weighted by Gasteiger charge is 2.11. The number of hydrogen-bond donors (Lipinski definition) is 2. The molecule has 0 aliphatic carbocycles. The lowest BCUT2D eigenvalue weighted by atomic mass is 10.1. The molecule has 0 heterocycles. The van der Waals surface area contributed by atoms with E-state index < -0.39 is 16.7 Å². The van der Waals surface area contributed by atoms with Crippen LogP contribution in [0.15, 0.2) is 48.5 Å². The molecule has 0 atom stereocenters. The molecule has 0 aliphatic heterocycles. The van der Waals surface area contributed by atoms with E-state index in [1.165, 1.54) is 24.3 Å². The molecule has 2 amide bonds. The van der Waals surface area contributed by atoms with Crippen LogP contribution in [0, 0.1) is 10.1 Å². The first-order valence-electron chi connectivity index (χ1n) is 6.39. The topological polar surface area (TPSA) is 115 Å². The summed E-state index contributed by atoms with van der Waals surface area (Å²) in [5, 5.41) is 13.3. The molecule has 0 spiro atoms. The van der Waals surface area contributed by atoms with Gasteiger partial charge in [-0.2, -0.15) is 0 Å². The van der Waals surface area contributed by atoms with E-state index in [9.17, 15) is 19.7 Å². The second-order valence-corrected chi connectivity index (χ2v) is 4.60. The number of anilines is 1. The van der Waals surface area contributed by atoms with Crippen LogP contribution in [0.5, 0.6) is 0 Å². The summed E-state index contributed by atoms with van der Waals surface area (Å²) in [4.78, 5) is 33.0. The lowest BCUT2D eigenvalue weighted by Crippen LogP contribution is -2.14. The van der Waals surface area contributed by atoms with Crippen molar-refractivity contribution in [3.63, 3.8) is 0 Å². The zero-order valence-corrected chi connectivity index (χ0v) is 11.5. The number of rotatable bonds is 5. The van der Waals surface area contributed by atoms with Gasteiger partial charge < -0.3 is 11.1 Å². The highest BCUT2D eigenvalue weighted by atomic mass is 16.6. The molecule has 112 valence electrons. The maximum absolute atomic E-state index is 12.0. The SMILES string of the molecule is NC(=O)Cc1ccc(NC(=O)c2cccc([N+](=O)[O-])c2)cc1. The van der Waals surface area contributed by atoms with E-state index in [-0.39, 0.29) is 17.7 Å². The van der Waals surface area contributed by atoms with Crippen molar-refractivity contribution in [2.24, 2.45) is 5.73 Å². The monoisotopic (exact) mass is 299 g/mol. The number of carbonyl (C=O) groups excluding carboxylic acids is 2. The van der Waals surface area contributed by atoms with Crippen molar-refractivity contribution < 1.29 is 14.5 Å². The van der Waals surface area contributed by atoms with Gasteiger partial charge in [0, 0.05) is 23.4 Å². The zero-order chi connectivity index (χ0) is 16.1. The summed E-state index contributed by atoms with van der Waals surface area (Å²) in [5.41, 5.74) is 6.39. The molecule has 0 aliphatic rings. The molecule has 2 rings (SSSR count). The third-order valence-electron chi connectivity index (χ3n) is 2.91. The molecule has 0 radical (unpaired) electrons. The first kappa shape index (κ1) is 15.2. The highest BCUT2D eigenvalue weighted by Crippen LogP contribution is 2.16. The fraction of sp³-hybridized carbons (Fsp3) is 0.0667. The van der Waals surface area contributed by atoms with Crippen molar-refractivity contribution in [2.75, 3.05) is 5.32 Å². The number of non-ortho nitro benzene ring substituents is 1. The number of nitro benzene ring substituents is 1. The summed E-state index contributed by atoms with van der Waals surface area (Å²) >= 11 is 0. The smallest absolute Gasteiger partial charge is 0.270 e. The average Bonchev–Trinajstić information content (AvgIpc) is 2.49. The van der Waals surface area contributed by atoms with Gasteiger partial charge in [0.05, 0.1) is 11.3 Å². The fourth-order valence-corrected chi connectivity index (χ4v) is 1.87. The number of nitrogens with one attached hydrogen (secondary N) is 1. The summed E-state index contributed by atoms with van der Waals surface area (Å²) in [6.07, 6.45) is 0.124. The van der Waals surface area contributed by atoms with Crippen LogP contribution >= 0.6 is 0 Å². The predicted molar refractivity (Wildman–Crippen MR) is 80.4 cm³/mol. The molecule has 0 fully saturated rings. The minimum Gasteiger partial charge on any atom is -0.369 e. The van der Waals surface area contributed by atoms with E-state index in [0.717, 1.165) is 5.56 Å². The second-order valence-electron chi connectivity index (χ2n) is 4.60. The molecular weight excluding hydrogens is 286 g/mol. The Hall–Kier alpha value is -3.22. The molecule has 0 aromatic heterocycles. The Kier molecular flexibility index (Phi) is 4.47. The first-order chi connectivity index (χ1) is 10.5. The van der Waals surface area contributed by atoms with Gasteiger partial charge in [0.25, 0.3) is 11.6 Å². The van der Waals surface area contributed by atoms with Crippen molar-refractivity contribution in [2.45, 2.75) is 6.42 Å². The van der Waals surface area contributed by atoms with Crippen LogP contribution in [0.4, 0.5) is 11.4 Å². The quantitative estimate of drug-likeness (QED) is 0.647. The van der Waals surface area contributed by atoms with Crippen molar-refractivity contribution >= 4 is 23.2 Å². The number of carbonyl (C=O) groups is 2. The van der Waals surface area contributed by atoms with Gasteiger partial charge in [-0.15, -0.1) is 0 Å². The number of benzene rings is 2. The van der Waals surface area contributed by atoms with Crippen LogP contribution in [0.3, 0.4) is 0 Å². The van der Waals surface area contributed by atoms with Crippen molar-refractivity contribution in [3.8, 4) is 0 Å². The average molecular weight is 299 g/mol. The van der Waals surface area contributed by atoms with Crippen molar-refractivity contribution in [3.05, 3.63) is 69.8 Å². The Bertz CT molecular complexity index is 726. The third-order valence-corrected chi connectivity index (χ3v) is 2.91. The molecule has 7 nitrogen and oxygen atoms in total. The molecule has 0 bridgehead atoms. The van der Waals surface area contributed by atoms with Gasteiger partial charge in [0.2, 0.25) is 5.91 Å². The number of hydrogen-bond acceptors (Lipinski definition) is 4. The number of primary amides is 1. The minimum atomic E-state index is -0.560. The van der Waals surface area contributed by atoms with E-state index >= 15 is 0 Å². The lowest BCUT2D eigenvalue weighted by Gasteiger charge is -2.06. The highest BCUT2D eigenvalue weighted by molar-refractivity contribution is 6.04. The van der Waals surface area contributed by atoms with Gasteiger partial charge in [-0.05, 0) is 23.8 Å². The minimum absolute atomic E-state index is 0.124. The third kappa shape index (κ3) is 3.89. The normalized spacial score (nSPS) is 10.0. The number of nitrogens with zero attached hydrogens (tertiary/aromatic N) is 1. The molecular formula is C15H13N3O4. The van der Waals surface area contributed by atoms with Gasteiger partial charge in [-0.25, -0.2) is 0 Å². The standard InChI is InChI=1S/C15H13N3O4/c16-14(19)8-10-4-6-12(7-5-10)17-15(20)11-2-1-3-13(9-11)18(21)22/h1-7,9H,8H2,(H2,16,19)(H,17,20).